The molecule has 0 aliphatic rings. The van der Waals surface area contributed by atoms with E-state index in [1.807, 2.05) is 36.5 Å². The van der Waals surface area contributed by atoms with Crippen molar-refractivity contribution in [1.29, 1.82) is 0 Å². The summed E-state index contributed by atoms with van der Waals surface area (Å²) in [5, 5.41) is 0. The lowest BCUT2D eigenvalue weighted by molar-refractivity contribution is 1.30. The number of aromatic amines is 1. The van der Waals surface area contributed by atoms with Crippen molar-refractivity contribution < 1.29 is 0 Å². The maximum absolute atomic E-state index is 4.22. The predicted molar refractivity (Wildman–Crippen MR) is 56.7 cm³/mol. The van der Waals surface area contributed by atoms with Crippen LogP contribution in [0.25, 0.3) is 11.4 Å². The lowest BCUT2D eigenvalue weighted by atomic mass is 10.2. The van der Waals surface area contributed by atoms with E-state index >= 15 is 0 Å². The van der Waals surface area contributed by atoms with Crippen molar-refractivity contribution in [2.75, 3.05) is 0 Å². The van der Waals surface area contributed by atoms with Gasteiger partial charge in [-0.2, -0.15) is 0 Å². The Morgan fingerprint density at radius 2 is 1.92 bits per heavy atom. The summed E-state index contributed by atoms with van der Waals surface area (Å²) in [5.41, 5.74) is 1.13. The van der Waals surface area contributed by atoms with Crippen molar-refractivity contribution in [1.82, 2.24) is 9.97 Å². The highest BCUT2D eigenvalue weighted by molar-refractivity contribution is 14.1. The molecule has 12 heavy (non-hydrogen) atoms. The SMILES string of the molecule is Ic1cnc(-c2ccccc2)[nH]1. The van der Waals surface area contributed by atoms with Crippen molar-refractivity contribution in [3.63, 3.8) is 0 Å². The molecule has 0 amide bonds. The Bertz CT molecular complexity index is 367. The van der Waals surface area contributed by atoms with Crippen molar-refractivity contribution in [2.45, 2.75) is 0 Å². The van der Waals surface area contributed by atoms with E-state index in [1.54, 1.807) is 0 Å². The Hall–Kier alpha value is -0.840. The minimum Gasteiger partial charge on any atom is -0.333 e. The summed E-state index contributed by atoms with van der Waals surface area (Å²) in [4.78, 5) is 7.39. The molecule has 0 fully saturated rings. The minimum atomic E-state index is 0.931. The van der Waals surface area contributed by atoms with Crippen molar-refractivity contribution in [3.8, 4) is 11.4 Å². The van der Waals surface area contributed by atoms with Crippen LogP contribution in [-0.2, 0) is 0 Å². The first-order valence-electron chi connectivity index (χ1n) is 3.62. The van der Waals surface area contributed by atoms with E-state index in [1.165, 1.54) is 0 Å². The van der Waals surface area contributed by atoms with Crippen LogP contribution in [0.15, 0.2) is 36.5 Å². The third kappa shape index (κ3) is 1.50. The van der Waals surface area contributed by atoms with E-state index < -0.39 is 0 Å². The van der Waals surface area contributed by atoms with Crippen LogP contribution >= 0.6 is 22.6 Å². The fraction of sp³-hybridized carbons (Fsp3) is 0. The Morgan fingerprint density at radius 3 is 2.50 bits per heavy atom. The van der Waals surface area contributed by atoms with Gasteiger partial charge in [-0.15, -0.1) is 0 Å². The van der Waals surface area contributed by atoms with Crippen LogP contribution in [0.3, 0.4) is 0 Å². The van der Waals surface area contributed by atoms with Gasteiger partial charge in [-0.1, -0.05) is 30.3 Å². The second-order valence-electron chi connectivity index (χ2n) is 2.45. The highest BCUT2D eigenvalue weighted by Gasteiger charge is 1.98. The minimum absolute atomic E-state index is 0.931. The molecule has 0 aliphatic heterocycles. The molecule has 0 saturated heterocycles. The van der Waals surface area contributed by atoms with Gasteiger partial charge in [0.1, 0.15) is 5.82 Å². The van der Waals surface area contributed by atoms with Crippen molar-refractivity contribution in [2.24, 2.45) is 0 Å². The highest BCUT2D eigenvalue weighted by Crippen LogP contribution is 2.14. The smallest absolute Gasteiger partial charge is 0.138 e. The van der Waals surface area contributed by atoms with Gasteiger partial charge in [0.15, 0.2) is 0 Å². The van der Waals surface area contributed by atoms with Gasteiger partial charge >= 0.3 is 0 Å². The third-order valence-electron chi connectivity index (χ3n) is 1.59. The average Bonchev–Trinajstić information content (AvgIpc) is 2.54. The van der Waals surface area contributed by atoms with E-state index in [9.17, 15) is 0 Å². The van der Waals surface area contributed by atoms with Crippen LogP contribution in [0.2, 0.25) is 0 Å². The number of H-pyrrole nitrogens is 1. The van der Waals surface area contributed by atoms with Crippen LogP contribution in [0.1, 0.15) is 0 Å². The molecule has 0 bridgehead atoms. The zero-order valence-corrected chi connectivity index (χ0v) is 8.45. The number of rotatable bonds is 1. The number of imidazole rings is 1. The van der Waals surface area contributed by atoms with E-state index in [4.69, 9.17) is 0 Å². The molecular formula is C9H7IN2. The number of nitrogens with zero attached hydrogens (tertiary/aromatic N) is 1. The molecule has 2 aromatic rings. The number of hydrogen-bond donors (Lipinski definition) is 1. The third-order valence-corrected chi connectivity index (χ3v) is 2.14. The zero-order valence-electron chi connectivity index (χ0n) is 6.29. The molecule has 0 saturated carbocycles. The summed E-state index contributed by atoms with van der Waals surface area (Å²) >= 11 is 2.21. The summed E-state index contributed by atoms with van der Waals surface area (Å²) in [6.07, 6.45) is 1.82. The molecule has 2 rings (SSSR count). The van der Waals surface area contributed by atoms with Crippen LogP contribution in [0, 0.1) is 3.70 Å². The van der Waals surface area contributed by atoms with E-state index in [0.717, 1.165) is 15.1 Å². The van der Waals surface area contributed by atoms with Crippen LogP contribution in [0.4, 0.5) is 0 Å². The quantitative estimate of drug-likeness (QED) is 0.793. The average molecular weight is 270 g/mol. The Morgan fingerprint density at radius 1 is 1.17 bits per heavy atom. The molecular weight excluding hydrogens is 263 g/mol. The first-order valence-corrected chi connectivity index (χ1v) is 4.70. The predicted octanol–water partition coefficient (Wildman–Crippen LogP) is 2.68. The largest absolute Gasteiger partial charge is 0.333 e. The summed E-state index contributed by atoms with van der Waals surface area (Å²) in [5.74, 6) is 0.931. The van der Waals surface area contributed by atoms with Crippen LogP contribution in [0.5, 0.6) is 0 Å². The Kier molecular flexibility index (Phi) is 2.12. The van der Waals surface area contributed by atoms with Gasteiger partial charge in [0, 0.05) is 5.56 Å². The molecule has 0 spiro atoms. The van der Waals surface area contributed by atoms with E-state index in [0.29, 0.717) is 0 Å². The standard InChI is InChI=1S/C9H7IN2/c10-8-6-11-9(12-8)7-4-2-1-3-5-7/h1-6H,(H,11,12). The van der Waals surface area contributed by atoms with Gasteiger partial charge in [0.25, 0.3) is 0 Å². The summed E-state index contributed by atoms with van der Waals surface area (Å²) in [6.45, 7) is 0. The molecule has 2 nitrogen and oxygen atoms in total. The summed E-state index contributed by atoms with van der Waals surface area (Å²) < 4.78 is 1.06. The Balaban J connectivity index is 2.45. The van der Waals surface area contributed by atoms with E-state index in [-0.39, 0.29) is 0 Å². The van der Waals surface area contributed by atoms with Gasteiger partial charge in [-0.25, -0.2) is 4.98 Å². The van der Waals surface area contributed by atoms with Crippen molar-refractivity contribution in [3.05, 3.63) is 40.2 Å². The molecule has 0 atom stereocenters. The van der Waals surface area contributed by atoms with Crippen LogP contribution < -0.4 is 0 Å². The number of aromatic nitrogens is 2. The van der Waals surface area contributed by atoms with Gasteiger partial charge in [-0.05, 0) is 22.6 Å². The van der Waals surface area contributed by atoms with Gasteiger partial charge < -0.3 is 4.98 Å². The van der Waals surface area contributed by atoms with Gasteiger partial charge in [-0.3, -0.25) is 0 Å². The monoisotopic (exact) mass is 270 g/mol. The molecule has 60 valence electrons. The number of hydrogen-bond acceptors (Lipinski definition) is 1. The summed E-state index contributed by atoms with van der Waals surface area (Å²) in [7, 11) is 0. The molecule has 1 heterocycles. The molecule has 0 unspecified atom stereocenters. The second-order valence-corrected chi connectivity index (χ2v) is 3.61. The number of nitrogens with one attached hydrogen (secondary N) is 1. The molecule has 1 aromatic heterocycles. The topological polar surface area (TPSA) is 28.7 Å². The fourth-order valence-corrected chi connectivity index (χ4v) is 1.44. The van der Waals surface area contributed by atoms with Crippen LogP contribution in [-0.4, -0.2) is 9.97 Å². The fourth-order valence-electron chi connectivity index (χ4n) is 1.04. The van der Waals surface area contributed by atoms with Gasteiger partial charge in [0.05, 0.1) is 9.90 Å². The highest BCUT2D eigenvalue weighted by atomic mass is 127. The first kappa shape index (κ1) is 7.79. The molecule has 1 N–H and O–H groups in total. The van der Waals surface area contributed by atoms with E-state index in [2.05, 4.69) is 32.6 Å². The lowest BCUT2D eigenvalue weighted by Gasteiger charge is -1.93. The Labute approximate surface area is 84.2 Å². The number of halogens is 1. The normalized spacial score (nSPS) is 10.1. The molecule has 0 aliphatic carbocycles. The zero-order chi connectivity index (χ0) is 8.39. The molecule has 1 aromatic carbocycles. The number of benzene rings is 1. The molecule has 0 radical (unpaired) electrons. The second kappa shape index (κ2) is 3.26. The van der Waals surface area contributed by atoms with Gasteiger partial charge in [0.2, 0.25) is 0 Å². The van der Waals surface area contributed by atoms with Crippen molar-refractivity contribution >= 4 is 22.6 Å². The lowest BCUT2D eigenvalue weighted by Crippen LogP contribution is -1.78. The maximum atomic E-state index is 4.22. The first-order chi connectivity index (χ1) is 5.86. The summed E-state index contributed by atoms with van der Waals surface area (Å²) in [6, 6.07) is 10.1. The molecule has 3 heteroatoms. The maximum Gasteiger partial charge on any atom is 0.138 e.